The van der Waals surface area contributed by atoms with Gasteiger partial charge in [0.05, 0.1) is 12.7 Å². The van der Waals surface area contributed by atoms with Gasteiger partial charge in [-0.15, -0.1) is 0 Å². The van der Waals surface area contributed by atoms with E-state index in [1.54, 1.807) is 6.92 Å². The lowest BCUT2D eigenvalue weighted by atomic mass is 10.0. The maximum Gasteiger partial charge on any atom is 0.330 e. The van der Waals surface area contributed by atoms with Crippen molar-refractivity contribution < 1.29 is 9.84 Å². The van der Waals surface area contributed by atoms with E-state index in [-0.39, 0.29) is 24.2 Å². The molecular formula is C11H16N2O4. The molecule has 0 aromatic carbocycles. The number of aromatic amines is 1. The summed E-state index contributed by atoms with van der Waals surface area (Å²) in [5, 5.41) is 9.10. The van der Waals surface area contributed by atoms with Gasteiger partial charge in [-0.25, -0.2) is 4.79 Å². The molecule has 0 radical (unpaired) electrons. The van der Waals surface area contributed by atoms with Gasteiger partial charge in [0.2, 0.25) is 0 Å². The number of H-pyrrole nitrogens is 1. The Morgan fingerprint density at radius 1 is 1.59 bits per heavy atom. The molecule has 6 nitrogen and oxygen atoms in total. The molecule has 1 saturated heterocycles. The minimum absolute atomic E-state index is 0.0608. The van der Waals surface area contributed by atoms with Crippen LogP contribution in [0.25, 0.3) is 0 Å². The second-order valence-corrected chi connectivity index (χ2v) is 4.50. The van der Waals surface area contributed by atoms with Crippen LogP contribution in [0.4, 0.5) is 0 Å². The van der Waals surface area contributed by atoms with Crippen LogP contribution in [0.3, 0.4) is 0 Å². The van der Waals surface area contributed by atoms with Crippen molar-refractivity contribution in [1.29, 1.82) is 0 Å². The maximum atomic E-state index is 11.6. The van der Waals surface area contributed by atoms with Crippen molar-refractivity contribution in [3.05, 3.63) is 32.6 Å². The molecule has 1 aliphatic heterocycles. The number of aliphatic hydroxyl groups is 1. The van der Waals surface area contributed by atoms with E-state index in [0.29, 0.717) is 12.0 Å². The molecule has 1 fully saturated rings. The Labute approximate surface area is 97.9 Å². The van der Waals surface area contributed by atoms with Gasteiger partial charge in [-0.3, -0.25) is 14.3 Å². The Bertz CT molecular complexity index is 519. The fraction of sp³-hybridized carbons (Fsp3) is 0.636. The van der Waals surface area contributed by atoms with Gasteiger partial charge in [0.1, 0.15) is 6.23 Å². The second-order valence-electron chi connectivity index (χ2n) is 4.50. The third kappa shape index (κ3) is 2.18. The van der Waals surface area contributed by atoms with Gasteiger partial charge in [-0.05, 0) is 19.3 Å². The largest absolute Gasteiger partial charge is 0.394 e. The zero-order chi connectivity index (χ0) is 12.6. The molecule has 0 bridgehead atoms. The Kier molecular flexibility index (Phi) is 3.17. The highest BCUT2D eigenvalue weighted by Gasteiger charge is 2.33. The van der Waals surface area contributed by atoms with Gasteiger partial charge in [-0.1, -0.05) is 6.92 Å². The maximum absolute atomic E-state index is 11.6. The third-order valence-corrected chi connectivity index (χ3v) is 3.18. The Hall–Kier alpha value is -1.40. The molecule has 0 aliphatic carbocycles. The first-order valence-electron chi connectivity index (χ1n) is 5.61. The lowest BCUT2D eigenvalue weighted by Crippen LogP contribution is -2.33. The Balaban J connectivity index is 2.34. The van der Waals surface area contributed by atoms with Crippen LogP contribution in [0.1, 0.15) is 25.1 Å². The van der Waals surface area contributed by atoms with Crippen molar-refractivity contribution in [3.63, 3.8) is 0 Å². The first kappa shape index (κ1) is 12.1. The molecule has 2 rings (SSSR count). The van der Waals surface area contributed by atoms with Crippen LogP contribution in [-0.2, 0) is 4.74 Å². The molecule has 1 aromatic rings. The van der Waals surface area contributed by atoms with Crippen LogP contribution in [0.2, 0.25) is 0 Å². The predicted octanol–water partition coefficient (Wildman–Crippen LogP) is -0.239. The van der Waals surface area contributed by atoms with E-state index in [2.05, 4.69) is 4.98 Å². The number of hydrogen-bond donors (Lipinski definition) is 2. The fourth-order valence-corrected chi connectivity index (χ4v) is 2.06. The molecule has 6 heteroatoms. The van der Waals surface area contributed by atoms with Crippen LogP contribution < -0.4 is 11.2 Å². The van der Waals surface area contributed by atoms with Crippen LogP contribution in [0, 0.1) is 12.8 Å². The summed E-state index contributed by atoms with van der Waals surface area (Å²) in [6.45, 7) is 3.54. The molecule has 0 unspecified atom stereocenters. The number of nitrogens with one attached hydrogen (secondary N) is 1. The molecule has 94 valence electrons. The van der Waals surface area contributed by atoms with Crippen LogP contribution in [0.15, 0.2) is 15.8 Å². The molecule has 2 N–H and O–H groups in total. The predicted molar refractivity (Wildman–Crippen MR) is 60.8 cm³/mol. The smallest absolute Gasteiger partial charge is 0.330 e. The number of aliphatic hydroxyl groups excluding tert-OH is 1. The highest BCUT2D eigenvalue weighted by atomic mass is 16.5. The standard InChI is InChI=1S/C11H16N2O4/c1-6-3-9(17-8(6)5-14)13-4-7(2)10(15)12-11(13)16/h4,6,8-9,14H,3,5H2,1-2H3,(H,12,15,16)/t6-,8-,9-/m0/s1. The summed E-state index contributed by atoms with van der Waals surface area (Å²) in [5.74, 6) is 0.184. The van der Waals surface area contributed by atoms with Gasteiger partial charge >= 0.3 is 5.69 Å². The van der Waals surface area contributed by atoms with Crippen molar-refractivity contribution in [2.75, 3.05) is 6.61 Å². The quantitative estimate of drug-likeness (QED) is 0.747. The molecule has 1 aliphatic rings. The number of hydrogen-bond acceptors (Lipinski definition) is 4. The summed E-state index contributed by atoms with van der Waals surface area (Å²) >= 11 is 0. The molecule has 2 heterocycles. The van der Waals surface area contributed by atoms with Crippen molar-refractivity contribution in [2.45, 2.75) is 32.6 Å². The molecule has 0 spiro atoms. The zero-order valence-corrected chi connectivity index (χ0v) is 9.84. The number of aryl methyl sites for hydroxylation is 1. The summed E-state index contributed by atoms with van der Waals surface area (Å²) in [6, 6.07) is 0. The van der Waals surface area contributed by atoms with E-state index in [0.717, 1.165) is 0 Å². The molecule has 1 aromatic heterocycles. The van der Waals surface area contributed by atoms with Gasteiger partial charge in [0, 0.05) is 11.8 Å². The Morgan fingerprint density at radius 2 is 2.29 bits per heavy atom. The van der Waals surface area contributed by atoms with Crippen LogP contribution >= 0.6 is 0 Å². The molecule has 0 amide bonds. The van der Waals surface area contributed by atoms with E-state index in [4.69, 9.17) is 9.84 Å². The zero-order valence-electron chi connectivity index (χ0n) is 9.84. The fourth-order valence-electron chi connectivity index (χ4n) is 2.06. The van der Waals surface area contributed by atoms with Crippen molar-refractivity contribution in [3.8, 4) is 0 Å². The average molecular weight is 240 g/mol. The minimum atomic E-state index is -0.476. The molecule has 3 atom stereocenters. The van der Waals surface area contributed by atoms with E-state index in [1.807, 2.05) is 6.92 Å². The number of ether oxygens (including phenoxy) is 1. The van der Waals surface area contributed by atoms with Crippen LogP contribution in [0.5, 0.6) is 0 Å². The third-order valence-electron chi connectivity index (χ3n) is 3.18. The van der Waals surface area contributed by atoms with Gasteiger partial charge in [0.25, 0.3) is 5.56 Å². The summed E-state index contributed by atoms with van der Waals surface area (Å²) in [6.07, 6.45) is 1.49. The lowest BCUT2D eigenvalue weighted by Gasteiger charge is -2.14. The van der Waals surface area contributed by atoms with E-state index in [1.165, 1.54) is 10.8 Å². The summed E-state index contributed by atoms with van der Waals surface area (Å²) in [5.41, 5.74) is -0.388. The van der Waals surface area contributed by atoms with E-state index >= 15 is 0 Å². The Morgan fingerprint density at radius 3 is 2.88 bits per heavy atom. The summed E-state index contributed by atoms with van der Waals surface area (Å²) in [7, 11) is 0. The van der Waals surface area contributed by atoms with Crippen molar-refractivity contribution >= 4 is 0 Å². The summed E-state index contributed by atoms with van der Waals surface area (Å²) in [4.78, 5) is 25.1. The number of rotatable bonds is 2. The molecular weight excluding hydrogens is 224 g/mol. The first-order valence-corrected chi connectivity index (χ1v) is 5.61. The SMILES string of the molecule is Cc1cn([C@@H]2C[C@H](C)[C@H](CO)O2)c(=O)[nH]c1=O. The van der Waals surface area contributed by atoms with E-state index < -0.39 is 11.9 Å². The number of nitrogens with zero attached hydrogens (tertiary/aromatic N) is 1. The first-order chi connectivity index (χ1) is 8.02. The molecule has 0 saturated carbocycles. The van der Waals surface area contributed by atoms with Crippen molar-refractivity contribution in [1.82, 2.24) is 9.55 Å². The van der Waals surface area contributed by atoms with Gasteiger partial charge in [-0.2, -0.15) is 0 Å². The van der Waals surface area contributed by atoms with Gasteiger partial charge < -0.3 is 9.84 Å². The normalized spacial score (nSPS) is 28.5. The highest BCUT2D eigenvalue weighted by molar-refractivity contribution is 5.01. The molecule has 17 heavy (non-hydrogen) atoms. The van der Waals surface area contributed by atoms with E-state index in [9.17, 15) is 9.59 Å². The number of aromatic nitrogens is 2. The van der Waals surface area contributed by atoms with Crippen LogP contribution in [-0.4, -0.2) is 27.4 Å². The second kappa shape index (κ2) is 4.46. The van der Waals surface area contributed by atoms with Crippen molar-refractivity contribution in [2.24, 2.45) is 5.92 Å². The highest BCUT2D eigenvalue weighted by Crippen LogP contribution is 2.31. The monoisotopic (exact) mass is 240 g/mol. The average Bonchev–Trinajstić information content (AvgIpc) is 2.65. The lowest BCUT2D eigenvalue weighted by molar-refractivity contribution is -0.0313. The summed E-state index contributed by atoms with van der Waals surface area (Å²) < 4.78 is 6.95. The topological polar surface area (TPSA) is 84.3 Å². The minimum Gasteiger partial charge on any atom is -0.394 e. The van der Waals surface area contributed by atoms with Gasteiger partial charge in [0.15, 0.2) is 0 Å².